The van der Waals surface area contributed by atoms with Crippen LogP contribution < -0.4 is 0 Å². The van der Waals surface area contributed by atoms with Gasteiger partial charge >= 0.3 is 0 Å². The Morgan fingerprint density at radius 1 is 1.11 bits per heavy atom. The summed E-state index contributed by atoms with van der Waals surface area (Å²) in [5.41, 5.74) is 0.910. The van der Waals surface area contributed by atoms with E-state index in [4.69, 9.17) is 11.6 Å². The zero-order chi connectivity index (χ0) is 13.1. The Hall–Kier alpha value is -1.52. The quantitative estimate of drug-likeness (QED) is 0.683. The van der Waals surface area contributed by atoms with Crippen molar-refractivity contribution in [2.45, 2.75) is 12.8 Å². The number of rotatable bonds is 4. The van der Waals surface area contributed by atoms with Crippen LogP contribution >= 0.6 is 22.9 Å². The summed E-state index contributed by atoms with van der Waals surface area (Å²) in [5, 5.41) is 12.6. The van der Waals surface area contributed by atoms with Gasteiger partial charge in [-0.3, -0.25) is 4.98 Å². The molecule has 0 aliphatic carbocycles. The fraction of sp³-hybridized carbons (Fsp3) is 0.214. The van der Waals surface area contributed by atoms with Gasteiger partial charge in [0.2, 0.25) is 0 Å². The lowest BCUT2D eigenvalue weighted by Gasteiger charge is -2.01. The van der Waals surface area contributed by atoms with Gasteiger partial charge in [-0.15, -0.1) is 21.8 Å². The summed E-state index contributed by atoms with van der Waals surface area (Å²) in [4.78, 5) is 4.45. The van der Waals surface area contributed by atoms with Crippen molar-refractivity contribution in [1.29, 1.82) is 0 Å². The molecule has 0 radical (unpaired) electrons. The molecule has 0 spiro atoms. The molecule has 0 saturated carbocycles. The summed E-state index contributed by atoms with van der Waals surface area (Å²) in [6.45, 7) is 0. The van der Waals surface area contributed by atoms with Crippen molar-refractivity contribution in [1.82, 2.24) is 15.2 Å². The Bertz CT molecular complexity index is 690. The number of aryl methyl sites for hydroxylation is 1. The molecule has 0 N–H and O–H groups in total. The first-order valence-electron chi connectivity index (χ1n) is 6.11. The smallest absolute Gasteiger partial charge is 0.166 e. The van der Waals surface area contributed by atoms with E-state index in [9.17, 15) is 0 Å². The van der Waals surface area contributed by atoms with Crippen LogP contribution in [0, 0.1) is 0 Å². The summed E-state index contributed by atoms with van der Waals surface area (Å²) < 4.78 is 0. The Kier molecular flexibility index (Phi) is 3.71. The van der Waals surface area contributed by atoms with Gasteiger partial charge in [-0.05, 0) is 17.9 Å². The topological polar surface area (TPSA) is 38.7 Å². The van der Waals surface area contributed by atoms with Crippen molar-refractivity contribution >= 4 is 33.7 Å². The van der Waals surface area contributed by atoms with E-state index in [-0.39, 0.29) is 0 Å². The van der Waals surface area contributed by atoms with Crippen LogP contribution in [0.25, 0.3) is 21.5 Å². The zero-order valence-corrected chi connectivity index (χ0v) is 11.8. The van der Waals surface area contributed by atoms with Crippen LogP contribution in [0.4, 0.5) is 0 Å². The molecule has 19 heavy (non-hydrogen) atoms. The van der Waals surface area contributed by atoms with Gasteiger partial charge in [0, 0.05) is 23.9 Å². The number of hydrogen-bond acceptors (Lipinski definition) is 4. The summed E-state index contributed by atoms with van der Waals surface area (Å²) in [6.07, 6.45) is 3.63. The molecule has 96 valence electrons. The van der Waals surface area contributed by atoms with E-state index in [1.165, 1.54) is 5.39 Å². The lowest BCUT2D eigenvalue weighted by Crippen LogP contribution is -1.85. The van der Waals surface area contributed by atoms with Gasteiger partial charge in [0.05, 0.1) is 0 Å². The molecule has 0 aliphatic heterocycles. The highest BCUT2D eigenvalue weighted by Crippen LogP contribution is 2.28. The maximum absolute atomic E-state index is 5.70. The van der Waals surface area contributed by atoms with Gasteiger partial charge in [0.25, 0.3) is 0 Å². The maximum atomic E-state index is 5.70. The molecule has 0 atom stereocenters. The predicted octanol–water partition coefficient (Wildman–Crippen LogP) is 3.92. The van der Waals surface area contributed by atoms with Gasteiger partial charge in [0.15, 0.2) is 5.01 Å². The van der Waals surface area contributed by atoms with E-state index in [1.807, 2.05) is 24.4 Å². The molecule has 0 aliphatic rings. The lowest BCUT2D eigenvalue weighted by molar-refractivity contribution is 0.884. The van der Waals surface area contributed by atoms with Crippen molar-refractivity contribution in [2.75, 3.05) is 5.88 Å². The standard InChI is InChI=1S/C14H12ClN3S/c15-8-3-6-12-17-18-14(19-12)13-11-5-2-1-4-10(11)7-9-16-13/h1-2,4-5,7,9H,3,6,8H2. The van der Waals surface area contributed by atoms with Gasteiger partial charge in [-0.2, -0.15) is 0 Å². The molecule has 0 fully saturated rings. The van der Waals surface area contributed by atoms with Crippen LogP contribution in [0.15, 0.2) is 36.5 Å². The van der Waals surface area contributed by atoms with Crippen molar-refractivity contribution < 1.29 is 0 Å². The van der Waals surface area contributed by atoms with Gasteiger partial charge in [0.1, 0.15) is 10.7 Å². The number of halogens is 1. The number of benzene rings is 1. The SMILES string of the molecule is ClCCCc1nnc(-c2nccc3ccccc23)s1. The molecule has 0 bridgehead atoms. The minimum Gasteiger partial charge on any atom is -0.253 e. The molecule has 3 aromatic rings. The Labute approximate surface area is 120 Å². The maximum Gasteiger partial charge on any atom is 0.166 e. The van der Waals surface area contributed by atoms with Crippen molar-refractivity contribution in [3.8, 4) is 10.7 Å². The molecule has 1 aromatic carbocycles. The number of alkyl halides is 1. The van der Waals surface area contributed by atoms with E-state index in [1.54, 1.807) is 11.3 Å². The molecule has 3 nitrogen and oxygen atoms in total. The second-order valence-electron chi connectivity index (χ2n) is 4.17. The average Bonchev–Trinajstić information content (AvgIpc) is 2.93. The molecule has 0 unspecified atom stereocenters. The predicted molar refractivity (Wildman–Crippen MR) is 79.7 cm³/mol. The minimum atomic E-state index is 0.654. The fourth-order valence-electron chi connectivity index (χ4n) is 1.96. The average molecular weight is 290 g/mol. The number of fused-ring (bicyclic) bond motifs is 1. The highest BCUT2D eigenvalue weighted by atomic mass is 35.5. The molecule has 0 saturated heterocycles. The Morgan fingerprint density at radius 2 is 2.00 bits per heavy atom. The largest absolute Gasteiger partial charge is 0.253 e. The number of aromatic nitrogens is 3. The minimum absolute atomic E-state index is 0.654. The van der Waals surface area contributed by atoms with Gasteiger partial charge in [-0.25, -0.2) is 0 Å². The van der Waals surface area contributed by atoms with Gasteiger partial charge < -0.3 is 0 Å². The molecule has 3 rings (SSSR count). The van der Waals surface area contributed by atoms with Crippen LogP contribution in [-0.2, 0) is 6.42 Å². The molecule has 5 heteroatoms. The summed E-state index contributed by atoms with van der Waals surface area (Å²) in [6, 6.07) is 10.2. The Morgan fingerprint density at radius 3 is 2.89 bits per heavy atom. The highest BCUT2D eigenvalue weighted by Gasteiger charge is 2.10. The lowest BCUT2D eigenvalue weighted by atomic mass is 10.1. The Balaban J connectivity index is 2.02. The number of pyridine rings is 1. The normalized spacial score (nSPS) is 11.0. The van der Waals surface area contributed by atoms with Gasteiger partial charge in [-0.1, -0.05) is 35.6 Å². The van der Waals surface area contributed by atoms with E-state index in [0.29, 0.717) is 5.88 Å². The van der Waals surface area contributed by atoms with Crippen molar-refractivity contribution in [2.24, 2.45) is 0 Å². The van der Waals surface area contributed by atoms with Crippen LogP contribution in [-0.4, -0.2) is 21.1 Å². The summed E-state index contributed by atoms with van der Waals surface area (Å²) >= 11 is 7.29. The number of nitrogens with zero attached hydrogens (tertiary/aromatic N) is 3. The first kappa shape index (κ1) is 12.5. The third-order valence-corrected chi connectivity index (χ3v) is 4.12. The second kappa shape index (κ2) is 5.63. The fourth-order valence-corrected chi connectivity index (χ4v) is 2.98. The third-order valence-electron chi connectivity index (χ3n) is 2.87. The summed E-state index contributed by atoms with van der Waals surface area (Å²) in [7, 11) is 0. The van der Waals surface area contributed by atoms with Crippen LogP contribution in [0.2, 0.25) is 0 Å². The molecular weight excluding hydrogens is 278 g/mol. The van der Waals surface area contributed by atoms with Crippen LogP contribution in [0.5, 0.6) is 0 Å². The van der Waals surface area contributed by atoms with E-state index < -0.39 is 0 Å². The van der Waals surface area contributed by atoms with E-state index in [2.05, 4.69) is 27.3 Å². The molecular formula is C14H12ClN3S. The van der Waals surface area contributed by atoms with Crippen molar-refractivity contribution in [3.63, 3.8) is 0 Å². The second-order valence-corrected chi connectivity index (χ2v) is 5.61. The monoisotopic (exact) mass is 289 g/mol. The van der Waals surface area contributed by atoms with Crippen LogP contribution in [0.1, 0.15) is 11.4 Å². The molecule has 2 heterocycles. The molecule has 2 aromatic heterocycles. The third kappa shape index (κ3) is 2.60. The highest BCUT2D eigenvalue weighted by molar-refractivity contribution is 7.14. The van der Waals surface area contributed by atoms with Crippen molar-refractivity contribution in [3.05, 3.63) is 41.5 Å². The van der Waals surface area contributed by atoms with Crippen LogP contribution in [0.3, 0.4) is 0 Å². The first-order chi connectivity index (χ1) is 9.38. The summed E-state index contributed by atoms with van der Waals surface area (Å²) in [5.74, 6) is 0.654. The number of hydrogen-bond donors (Lipinski definition) is 0. The molecule has 0 amide bonds. The van der Waals surface area contributed by atoms with E-state index >= 15 is 0 Å². The first-order valence-corrected chi connectivity index (χ1v) is 7.46. The van der Waals surface area contributed by atoms with E-state index in [0.717, 1.165) is 33.9 Å². The zero-order valence-electron chi connectivity index (χ0n) is 10.2.